The number of rotatable bonds is 3. The molecule has 110 valence electrons. The first-order valence-electron chi connectivity index (χ1n) is 7.49. The molecule has 0 spiro atoms. The third kappa shape index (κ3) is 3.11. The maximum absolute atomic E-state index is 12.0. The number of amides is 1. The first-order chi connectivity index (χ1) is 9.50. The summed E-state index contributed by atoms with van der Waals surface area (Å²) in [5, 5.41) is 0. The molecule has 1 saturated heterocycles. The van der Waals surface area contributed by atoms with Gasteiger partial charge < -0.3 is 9.80 Å². The van der Waals surface area contributed by atoms with Gasteiger partial charge in [0, 0.05) is 38.3 Å². The van der Waals surface area contributed by atoms with Crippen molar-refractivity contribution in [2.24, 2.45) is 5.92 Å². The normalized spacial score (nSPS) is 16.1. The second kappa shape index (κ2) is 6.25. The van der Waals surface area contributed by atoms with Crippen LogP contribution in [0.25, 0.3) is 0 Å². The van der Waals surface area contributed by atoms with Gasteiger partial charge in [0.2, 0.25) is 5.91 Å². The highest BCUT2D eigenvalue weighted by Gasteiger charge is 2.24. The van der Waals surface area contributed by atoms with Crippen molar-refractivity contribution in [3.05, 3.63) is 23.9 Å². The van der Waals surface area contributed by atoms with Crippen LogP contribution in [0.5, 0.6) is 0 Å². The molecule has 2 heterocycles. The van der Waals surface area contributed by atoms with Gasteiger partial charge in [0.1, 0.15) is 5.82 Å². The first-order valence-corrected chi connectivity index (χ1v) is 7.49. The average Bonchev–Trinajstić information content (AvgIpc) is 2.46. The van der Waals surface area contributed by atoms with Gasteiger partial charge in [-0.1, -0.05) is 33.8 Å². The summed E-state index contributed by atoms with van der Waals surface area (Å²) in [6.07, 6.45) is 1.85. The SMILES string of the molecule is CC(C)C(=O)N1CCN(c2ncccc2C(C)C)CC1. The molecule has 20 heavy (non-hydrogen) atoms. The van der Waals surface area contributed by atoms with Gasteiger partial charge in [-0.3, -0.25) is 4.79 Å². The van der Waals surface area contributed by atoms with E-state index in [-0.39, 0.29) is 11.8 Å². The maximum atomic E-state index is 12.0. The van der Waals surface area contributed by atoms with Gasteiger partial charge in [0.15, 0.2) is 0 Å². The Balaban J connectivity index is 2.06. The Morgan fingerprint density at radius 2 is 1.80 bits per heavy atom. The van der Waals surface area contributed by atoms with Crippen molar-refractivity contribution in [1.29, 1.82) is 0 Å². The predicted molar refractivity (Wildman–Crippen MR) is 82.0 cm³/mol. The van der Waals surface area contributed by atoms with Crippen LogP contribution in [-0.2, 0) is 4.79 Å². The Labute approximate surface area is 121 Å². The van der Waals surface area contributed by atoms with Crippen LogP contribution in [0.2, 0.25) is 0 Å². The standard InChI is InChI=1S/C16H25N3O/c1-12(2)14-6-5-7-17-15(14)18-8-10-19(11-9-18)16(20)13(3)4/h5-7,12-13H,8-11H2,1-4H3. The summed E-state index contributed by atoms with van der Waals surface area (Å²) < 4.78 is 0. The van der Waals surface area contributed by atoms with Crippen LogP contribution in [0.4, 0.5) is 5.82 Å². The van der Waals surface area contributed by atoms with E-state index in [9.17, 15) is 4.79 Å². The summed E-state index contributed by atoms with van der Waals surface area (Å²) in [5.74, 6) is 1.89. The number of carbonyl (C=O) groups is 1. The van der Waals surface area contributed by atoms with Crippen molar-refractivity contribution >= 4 is 11.7 Å². The van der Waals surface area contributed by atoms with Crippen LogP contribution in [0, 0.1) is 5.92 Å². The topological polar surface area (TPSA) is 36.4 Å². The van der Waals surface area contributed by atoms with Crippen molar-refractivity contribution < 1.29 is 4.79 Å². The molecule has 1 fully saturated rings. The lowest BCUT2D eigenvalue weighted by atomic mass is 10.0. The zero-order valence-corrected chi connectivity index (χ0v) is 13.0. The molecule has 2 rings (SSSR count). The second-order valence-corrected chi connectivity index (χ2v) is 6.04. The van der Waals surface area contributed by atoms with Crippen molar-refractivity contribution in [3.63, 3.8) is 0 Å². The molecule has 1 amide bonds. The lowest BCUT2D eigenvalue weighted by Crippen LogP contribution is -2.50. The van der Waals surface area contributed by atoms with Crippen molar-refractivity contribution in [2.45, 2.75) is 33.6 Å². The molecule has 4 nitrogen and oxygen atoms in total. The van der Waals surface area contributed by atoms with E-state index in [4.69, 9.17) is 0 Å². The summed E-state index contributed by atoms with van der Waals surface area (Å²) in [6, 6.07) is 4.15. The first kappa shape index (κ1) is 14.8. The van der Waals surface area contributed by atoms with Gasteiger partial charge in [-0.25, -0.2) is 4.98 Å². The second-order valence-electron chi connectivity index (χ2n) is 6.04. The zero-order valence-electron chi connectivity index (χ0n) is 13.0. The largest absolute Gasteiger partial charge is 0.353 e. The minimum atomic E-state index is 0.0858. The van der Waals surface area contributed by atoms with E-state index >= 15 is 0 Å². The van der Waals surface area contributed by atoms with Crippen LogP contribution in [-0.4, -0.2) is 42.0 Å². The lowest BCUT2D eigenvalue weighted by molar-refractivity contribution is -0.134. The number of nitrogens with zero attached hydrogens (tertiary/aromatic N) is 3. The van der Waals surface area contributed by atoms with E-state index in [0.717, 1.165) is 32.0 Å². The summed E-state index contributed by atoms with van der Waals surface area (Å²) in [4.78, 5) is 20.8. The summed E-state index contributed by atoms with van der Waals surface area (Å²) in [7, 11) is 0. The fourth-order valence-electron chi connectivity index (χ4n) is 2.63. The molecule has 0 N–H and O–H groups in total. The minimum Gasteiger partial charge on any atom is -0.353 e. The third-order valence-corrected chi connectivity index (χ3v) is 3.82. The minimum absolute atomic E-state index is 0.0858. The molecule has 0 saturated carbocycles. The molecule has 4 heteroatoms. The Morgan fingerprint density at radius 3 is 2.35 bits per heavy atom. The molecule has 1 aliphatic heterocycles. The van der Waals surface area contributed by atoms with Gasteiger partial charge >= 0.3 is 0 Å². The van der Waals surface area contributed by atoms with Crippen LogP contribution in [0.1, 0.15) is 39.2 Å². The molecule has 0 bridgehead atoms. The lowest BCUT2D eigenvalue weighted by Gasteiger charge is -2.37. The number of pyridine rings is 1. The fraction of sp³-hybridized carbons (Fsp3) is 0.625. The monoisotopic (exact) mass is 275 g/mol. The smallest absolute Gasteiger partial charge is 0.225 e. The van der Waals surface area contributed by atoms with E-state index in [1.807, 2.05) is 31.0 Å². The summed E-state index contributed by atoms with van der Waals surface area (Å²) in [5.41, 5.74) is 1.29. The zero-order chi connectivity index (χ0) is 14.7. The van der Waals surface area contributed by atoms with Gasteiger partial charge in [-0.05, 0) is 17.5 Å². The Hall–Kier alpha value is -1.58. The van der Waals surface area contributed by atoms with Gasteiger partial charge in [0.05, 0.1) is 0 Å². The van der Waals surface area contributed by atoms with Crippen LogP contribution in [0.3, 0.4) is 0 Å². The number of hydrogen-bond donors (Lipinski definition) is 0. The van der Waals surface area contributed by atoms with E-state index in [1.54, 1.807) is 0 Å². The van der Waals surface area contributed by atoms with E-state index in [0.29, 0.717) is 5.92 Å². The molecular weight excluding hydrogens is 250 g/mol. The predicted octanol–water partition coefficient (Wildman–Crippen LogP) is 2.51. The molecule has 0 aliphatic carbocycles. The molecule has 1 aromatic heterocycles. The molecular formula is C16H25N3O. The highest BCUT2D eigenvalue weighted by molar-refractivity contribution is 5.78. The molecule has 1 aromatic rings. The van der Waals surface area contributed by atoms with Gasteiger partial charge in [-0.2, -0.15) is 0 Å². The highest BCUT2D eigenvalue weighted by Crippen LogP contribution is 2.25. The summed E-state index contributed by atoms with van der Waals surface area (Å²) >= 11 is 0. The van der Waals surface area contributed by atoms with E-state index in [1.165, 1.54) is 5.56 Å². The average molecular weight is 275 g/mol. The maximum Gasteiger partial charge on any atom is 0.225 e. The van der Waals surface area contributed by atoms with Crippen LogP contribution in [0.15, 0.2) is 18.3 Å². The Bertz CT molecular complexity index is 463. The summed E-state index contributed by atoms with van der Waals surface area (Å²) in [6.45, 7) is 11.6. The number of aromatic nitrogens is 1. The molecule has 0 atom stereocenters. The van der Waals surface area contributed by atoms with Crippen LogP contribution < -0.4 is 4.90 Å². The van der Waals surface area contributed by atoms with Gasteiger partial charge in [0.25, 0.3) is 0 Å². The van der Waals surface area contributed by atoms with Crippen LogP contribution >= 0.6 is 0 Å². The van der Waals surface area contributed by atoms with E-state index in [2.05, 4.69) is 29.8 Å². The molecule has 1 aliphatic rings. The van der Waals surface area contributed by atoms with Crippen molar-refractivity contribution in [1.82, 2.24) is 9.88 Å². The Morgan fingerprint density at radius 1 is 1.15 bits per heavy atom. The molecule has 0 radical (unpaired) electrons. The molecule has 0 unspecified atom stereocenters. The highest BCUT2D eigenvalue weighted by atomic mass is 16.2. The number of anilines is 1. The molecule has 0 aromatic carbocycles. The fourth-order valence-corrected chi connectivity index (χ4v) is 2.63. The number of hydrogen-bond acceptors (Lipinski definition) is 3. The van der Waals surface area contributed by atoms with Crippen molar-refractivity contribution in [3.8, 4) is 0 Å². The van der Waals surface area contributed by atoms with Crippen molar-refractivity contribution in [2.75, 3.05) is 31.1 Å². The van der Waals surface area contributed by atoms with Gasteiger partial charge in [-0.15, -0.1) is 0 Å². The third-order valence-electron chi connectivity index (χ3n) is 3.82. The Kier molecular flexibility index (Phi) is 4.63. The number of carbonyl (C=O) groups excluding carboxylic acids is 1. The quantitative estimate of drug-likeness (QED) is 0.850. The number of piperazine rings is 1. The van der Waals surface area contributed by atoms with E-state index < -0.39 is 0 Å².